The molecule has 1 aliphatic rings. The second-order valence-electron chi connectivity index (χ2n) is 6.24. The molecular formula is C20H24ClN3O. The second-order valence-corrected chi connectivity index (χ2v) is 6.65. The number of rotatable bonds is 5. The number of hydrogen-bond acceptors (Lipinski definition) is 4. The molecule has 0 unspecified atom stereocenters. The molecule has 0 saturated carbocycles. The molecule has 0 radical (unpaired) electrons. The third kappa shape index (κ3) is 4.74. The highest BCUT2D eigenvalue weighted by atomic mass is 35.5. The number of piperazine rings is 1. The first-order chi connectivity index (χ1) is 12.2. The molecule has 1 heterocycles. The summed E-state index contributed by atoms with van der Waals surface area (Å²) in [7, 11) is 1.68. The first-order valence-electron chi connectivity index (χ1n) is 8.56. The van der Waals surface area contributed by atoms with Gasteiger partial charge in [-0.15, -0.1) is 0 Å². The van der Waals surface area contributed by atoms with Crippen LogP contribution < -0.4 is 4.74 Å². The maximum absolute atomic E-state index is 6.26. The van der Waals surface area contributed by atoms with Gasteiger partial charge in [-0.25, -0.2) is 0 Å². The molecule has 0 aliphatic carbocycles. The Labute approximate surface area is 154 Å². The Morgan fingerprint density at radius 1 is 1.08 bits per heavy atom. The Hall–Kier alpha value is -2.04. The Bertz CT molecular complexity index is 739. The quantitative estimate of drug-likeness (QED) is 0.760. The maximum atomic E-state index is 6.26. The zero-order valence-corrected chi connectivity index (χ0v) is 15.5. The Balaban J connectivity index is 1.57. The largest absolute Gasteiger partial charge is 0.497 e. The highest BCUT2D eigenvalue weighted by Gasteiger charge is 2.17. The summed E-state index contributed by atoms with van der Waals surface area (Å²) in [4.78, 5) is 2.42. The van der Waals surface area contributed by atoms with Crippen molar-refractivity contribution in [3.05, 3.63) is 64.7 Å². The summed E-state index contributed by atoms with van der Waals surface area (Å²) in [6.45, 7) is 6.76. The van der Waals surface area contributed by atoms with Gasteiger partial charge in [-0.1, -0.05) is 41.9 Å². The number of hydrazone groups is 1. The van der Waals surface area contributed by atoms with E-state index in [4.69, 9.17) is 21.4 Å². The van der Waals surface area contributed by atoms with Crippen LogP contribution in [0.4, 0.5) is 0 Å². The van der Waals surface area contributed by atoms with Crippen LogP contribution in [0.2, 0.25) is 5.02 Å². The summed E-state index contributed by atoms with van der Waals surface area (Å²) < 4.78 is 5.29. The van der Waals surface area contributed by atoms with Crippen molar-refractivity contribution < 1.29 is 4.74 Å². The van der Waals surface area contributed by atoms with Gasteiger partial charge in [0, 0.05) is 43.3 Å². The second kappa shape index (κ2) is 8.37. The number of nitrogens with zero attached hydrogens (tertiary/aromatic N) is 3. The summed E-state index contributed by atoms with van der Waals surface area (Å²) in [6.07, 6.45) is 0. The molecule has 1 aliphatic heterocycles. The normalized spacial score (nSPS) is 16.1. The first kappa shape index (κ1) is 17.8. The SMILES string of the molecule is COc1cccc(/C(C)=N\N2CCN(Cc3ccccc3Cl)CC2)c1. The fraction of sp³-hybridized carbons (Fsp3) is 0.350. The van der Waals surface area contributed by atoms with Crippen molar-refractivity contribution in [3.8, 4) is 5.75 Å². The number of hydrogen-bond donors (Lipinski definition) is 0. The zero-order valence-electron chi connectivity index (χ0n) is 14.8. The van der Waals surface area contributed by atoms with E-state index in [-0.39, 0.29) is 0 Å². The fourth-order valence-electron chi connectivity index (χ4n) is 2.98. The van der Waals surface area contributed by atoms with Crippen LogP contribution in [0.25, 0.3) is 0 Å². The molecule has 0 atom stereocenters. The molecule has 0 spiro atoms. The summed E-state index contributed by atoms with van der Waals surface area (Å²) >= 11 is 6.26. The van der Waals surface area contributed by atoms with E-state index in [9.17, 15) is 0 Å². The molecule has 0 amide bonds. The van der Waals surface area contributed by atoms with Crippen LogP contribution in [0.15, 0.2) is 53.6 Å². The van der Waals surface area contributed by atoms with E-state index in [0.29, 0.717) is 0 Å². The predicted molar refractivity (Wildman–Crippen MR) is 104 cm³/mol. The topological polar surface area (TPSA) is 28.1 Å². The molecule has 0 N–H and O–H groups in total. The van der Waals surface area contributed by atoms with Crippen LogP contribution in [-0.4, -0.2) is 48.9 Å². The van der Waals surface area contributed by atoms with Crippen LogP contribution in [0, 0.1) is 0 Å². The number of halogens is 1. The summed E-state index contributed by atoms with van der Waals surface area (Å²) in [5, 5.41) is 7.78. The third-order valence-electron chi connectivity index (χ3n) is 4.48. The van der Waals surface area contributed by atoms with Crippen molar-refractivity contribution in [2.75, 3.05) is 33.3 Å². The van der Waals surface area contributed by atoms with E-state index < -0.39 is 0 Å². The molecule has 0 bridgehead atoms. The van der Waals surface area contributed by atoms with Crippen molar-refractivity contribution in [3.63, 3.8) is 0 Å². The highest BCUT2D eigenvalue weighted by Crippen LogP contribution is 2.18. The molecule has 1 saturated heterocycles. The van der Waals surface area contributed by atoms with Gasteiger partial charge in [0.25, 0.3) is 0 Å². The lowest BCUT2D eigenvalue weighted by Crippen LogP contribution is -2.43. The van der Waals surface area contributed by atoms with Crippen LogP contribution in [0.1, 0.15) is 18.1 Å². The van der Waals surface area contributed by atoms with Gasteiger partial charge in [0.2, 0.25) is 0 Å². The predicted octanol–water partition coefficient (Wildman–Crippen LogP) is 3.89. The van der Waals surface area contributed by atoms with Crippen molar-refractivity contribution in [2.24, 2.45) is 5.10 Å². The monoisotopic (exact) mass is 357 g/mol. The highest BCUT2D eigenvalue weighted by molar-refractivity contribution is 6.31. The van der Waals surface area contributed by atoms with Crippen molar-refractivity contribution in [1.29, 1.82) is 0 Å². The molecule has 2 aromatic carbocycles. The van der Waals surface area contributed by atoms with Crippen LogP contribution >= 0.6 is 11.6 Å². The van der Waals surface area contributed by atoms with E-state index in [0.717, 1.165) is 54.8 Å². The van der Waals surface area contributed by atoms with E-state index in [1.807, 2.05) is 43.3 Å². The van der Waals surface area contributed by atoms with Gasteiger partial charge in [0.05, 0.1) is 12.8 Å². The van der Waals surface area contributed by atoms with E-state index in [1.165, 1.54) is 5.56 Å². The minimum Gasteiger partial charge on any atom is -0.497 e. The molecule has 3 rings (SSSR count). The van der Waals surface area contributed by atoms with Gasteiger partial charge in [-0.05, 0) is 30.7 Å². The molecular weight excluding hydrogens is 334 g/mol. The molecule has 2 aromatic rings. The molecule has 5 heteroatoms. The lowest BCUT2D eigenvalue weighted by molar-refractivity contribution is 0.130. The Morgan fingerprint density at radius 3 is 2.56 bits per heavy atom. The summed E-state index contributed by atoms with van der Waals surface area (Å²) in [5.74, 6) is 0.858. The maximum Gasteiger partial charge on any atom is 0.119 e. The van der Waals surface area contributed by atoms with Gasteiger partial charge >= 0.3 is 0 Å². The standard InChI is InChI=1S/C20H24ClN3O/c1-16(17-7-5-8-19(14-17)25-2)22-24-12-10-23(11-13-24)15-18-6-3-4-9-20(18)21/h3-9,14H,10-13,15H2,1-2H3/b22-16-. The lowest BCUT2D eigenvalue weighted by Gasteiger charge is -2.33. The third-order valence-corrected chi connectivity index (χ3v) is 4.85. The van der Waals surface area contributed by atoms with Gasteiger partial charge < -0.3 is 4.74 Å². The van der Waals surface area contributed by atoms with E-state index >= 15 is 0 Å². The van der Waals surface area contributed by atoms with Gasteiger partial charge in [-0.2, -0.15) is 5.10 Å². The Kier molecular flexibility index (Phi) is 5.95. The number of ether oxygens (including phenoxy) is 1. The lowest BCUT2D eigenvalue weighted by atomic mass is 10.1. The minimum absolute atomic E-state index is 0.844. The number of benzene rings is 2. The smallest absolute Gasteiger partial charge is 0.119 e. The van der Waals surface area contributed by atoms with E-state index in [2.05, 4.69) is 22.0 Å². The summed E-state index contributed by atoms with van der Waals surface area (Å²) in [6, 6.07) is 16.1. The molecule has 132 valence electrons. The van der Waals surface area contributed by atoms with Crippen LogP contribution in [0.5, 0.6) is 5.75 Å². The molecule has 1 fully saturated rings. The molecule has 25 heavy (non-hydrogen) atoms. The van der Waals surface area contributed by atoms with Crippen LogP contribution in [-0.2, 0) is 6.54 Å². The fourth-order valence-corrected chi connectivity index (χ4v) is 3.18. The average molecular weight is 358 g/mol. The van der Waals surface area contributed by atoms with Crippen molar-refractivity contribution >= 4 is 17.3 Å². The number of methoxy groups -OCH3 is 1. The van der Waals surface area contributed by atoms with Gasteiger partial charge in [-0.3, -0.25) is 9.91 Å². The summed E-state index contributed by atoms with van der Waals surface area (Å²) in [5.41, 5.74) is 3.30. The Morgan fingerprint density at radius 2 is 1.84 bits per heavy atom. The minimum atomic E-state index is 0.844. The van der Waals surface area contributed by atoms with Crippen molar-refractivity contribution in [1.82, 2.24) is 9.91 Å². The van der Waals surface area contributed by atoms with Gasteiger partial charge in [0.1, 0.15) is 5.75 Å². The molecule has 4 nitrogen and oxygen atoms in total. The van der Waals surface area contributed by atoms with Crippen molar-refractivity contribution in [2.45, 2.75) is 13.5 Å². The zero-order chi connectivity index (χ0) is 17.6. The van der Waals surface area contributed by atoms with E-state index in [1.54, 1.807) is 7.11 Å². The van der Waals surface area contributed by atoms with Crippen LogP contribution in [0.3, 0.4) is 0 Å². The first-order valence-corrected chi connectivity index (χ1v) is 8.94. The molecule has 0 aromatic heterocycles. The average Bonchev–Trinajstić information content (AvgIpc) is 2.65. The van der Waals surface area contributed by atoms with Gasteiger partial charge in [0.15, 0.2) is 0 Å².